The van der Waals surface area contributed by atoms with E-state index in [1.165, 1.54) is 12.5 Å². The molecule has 6 atom stereocenters. The predicted molar refractivity (Wildman–Crippen MR) is 97.3 cm³/mol. The van der Waals surface area contributed by atoms with Gasteiger partial charge in [0.2, 0.25) is 0 Å². The third-order valence-electron chi connectivity index (χ3n) is 8.01. The van der Waals surface area contributed by atoms with Crippen molar-refractivity contribution >= 4 is 23.4 Å². The van der Waals surface area contributed by atoms with Gasteiger partial charge in [0.05, 0.1) is 0 Å². The number of carbonyl (C=O) groups is 2. The highest BCUT2D eigenvalue weighted by Crippen LogP contribution is 2.64. The first kappa shape index (κ1) is 17.6. The number of carbonyl (C=O) groups excluding carboxylic acids is 2. The maximum atomic E-state index is 12.5. The van der Waals surface area contributed by atoms with E-state index >= 15 is 0 Å². The van der Waals surface area contributed by atoms with Gasteiger partial charge in [-0.1, -0.05) is 18.6 Å². The van der Waals surface area contributed by atoms with Crippen LogP contribution < -0.4 is 0 Å². The zero-order valence-corrected chi connectivity index (χ0v) is 16.1. The molecule has 0 aromatic rings. The van der Waals surface area contributed by atoms with Crippen LogP contribution in [0.5, 0.6) is 0 Å². The second-order valence-corrected chi connectivity index (χ2v) is 9.65. The van der Waals surface area contributed by atoms with E-state index in [9.17, 15) is 9.59 Å². The second-order valence-electron chi connectivity index (χ2n) is 9.04. The van der Waals surface area contributed by atoms with Crippen LogP contribution in [0.1, 0.15) is 65.2 Å². The van der Waals surface area contributed by atoms with Crippen molar-refractivity contribution in [3.63, 3.8) is 0 Å². The highest BCUT2D eigenvalue weighted by molar-refractivity contribution is 6.20. The number of fused-ring (bicyclic) bond motifs is 5. The minimum atomic E-state index is -0.194. The summed E-state index contributed by atoms with van der Waals surface area (Å²) in [7, 11) is 0. The second kappa shape index (κ2) is 6.11. The van der Waals surface area contributed by atoms with E-state index in [0.29, 0.717) is 30.1 Å². The molecule has 0 heterocycles. The quantitative estimate of drug-likeness (QED) is 0.406. The highest BCUT2D eigenvalue weighted by Gasteiger charge is 2.60. The average molecular weight is 365 g/mol. The molecule has 3 fully saturated rings. The van der Waals surface area contributed by atoms with Gasteiger partial charge < -0.3 is 4.74 Å². The topological polar surface area (TPSA) is 43.4 Å². The van der Waals surface area contributed by atoms with Crippen molar-refractivity contribution < 1.29 is 14.3 Å². The molecule has 3 saturated carbocycles. The molecule has 25 heavy (non-hydrogen) atoms. The number of Topliss-reactive ketones (excluding diaryl/α,β-unsaturated/α-hetero) is 1. The Balaban J connectivity index is 1.69. The standard InChI is InChI=1S/C21H29ClO3/c1-13(23)25-12-21-10-7-15(22)11-14(21)3-4-16-17-5-6-19(24)20(17,2)9-8-18(16)21/h3,15-18H,4-12H2,1-2H3/t15-,16-,17-,18-,20-,21+/m0/s1. The Labute approximate surface area is 155 Å². The summed E-state index contributed by atoms with van der Waals surface area (Å²) < 4.78 is 5.59. The Morgan fingerprint density at radius 3 is 2.84 bits per heavy atom. The van der Waals surface area contributed by atoms with E-state index in [2.05, 4.69) is 13.0 Å². The molecule has 4 aliphatic carbocycles. The third-order valence-corrected chi connectivity index (χ3v) is 8.38. The molecule has 0 aromatic carbocycles. The lowest BCUT2D eigenvalue weighted by Gasteiger charge is -2.57. The molecule has 4 heteroatoms. The Kier molecular flexibility index (Phi) is 4.30. The van der Waals surface area contributed by atoms with Gasteiger partial charge in [0.25, 0.3) is 0 Å². The van der Waals surface area contributed by atoms with Gasteiger partial charge in [0, 0.05) is 29.6 Å². The van der Waals surface area contributed by atoms with E-state index < -0.39 is 0 Å². The third kappa shape index (κ3) is 2.60. The van der Waals surface area contributed by atoms with E-state index in [1.54, 1.807) is 0 Å². The van der Waals surface area contributed by atoms with Crippen LogP contribution >= 0.6 is 11.6 Å². The molecule has 0 N–H and O–H groups in total. The van der Waals surface area contributed by atoms with Gasteiger partial charge in [-0.05, 0) is 62.7 Å². The van der Waals surface area contributed by atoms with Crippen molar-refractivity contribution in [3.05, 3.63) is 11.6 Å². The summed E-state index contributed by atoms with van der Waals surface area (Å²) >= 11 is 6.47. The van der Waals surface area contributed by atoms with Gasteiger partial charge in [-0.25, -0.2) is 0 Å². The maximum Gasteiger partial charge on any atom is 0.302 e. The molecule has 0 spiro atoms. The number of hydrogen-bond donors (Lipinski definition) is 0. The Hall–Kier alpha value is -0.830. The van der Waals surface area contributed by atoms with Gasteiger partial charge >= 0.3 is 5.97 Å². The van der Waals surface area contributed by atoms with Crippen LogP contribution in [0.4, 0.5) is 0 Å². The van der Waals surface area contributed by atoms with Crippen LogP contribution in [0.3, 0.4) is 0 Å². The molecule has 138 valence electrons. The van der Waals surface area contributed by atoms with Crippen molar-refractivity contribution in [2.24, 2.45) is 28.6 Å². The summed E-state index contributed by atoms with van der Waals surface area (Å²) in [5.41, 5.74) is 1.28. The molecular formula is C21H29ClO3. The number of halogens is 1. The number of esters is 1. The van der Waals surface area contributed by atoms with Crippen molar-refractivity contribution in [2.75, 3.05) is 6.61 Å². The number of allylic oxidation sites excluding steroid dienone is 1. The van der Waals surface area contributed by atoms with Crippen LogP contribution in [-0.4, -0.2) is 23.7 Å². The normalized spacial score (nSPS) is 45.9. The van der Waals surface area contributed by atoms with Gasteiger partial charge in [0.1, 0.15) is 12.4 Å². The van der Waals surface area contributed by atoms with Gasteiger partial charge in [-0.3, -0.25) is 9.59 Å². The summed E-state index contributed by atoms with van der Waals surface area (Å²) in [6.45, 7) is 4.20. The molecule has 0 unspecified atom stereocenters. The summed E-state index contributed by atoms with van der Waals surface area (Å²) in [5, 5.41) is 0.204. The Bertz CT molecular complexity index is 627. The fourth-order valence-corrected chi connectivity index (χ4v) is 6.96. The SMILES string of the molecule is CC(=O)OC[C@]12CC[C@H](Cl)CC1=CC[C@@H]1[C@@H]2CC[C@]2(C)C(=O)CC[C@@H]12. The first-order chi connectivity index (χ1) is 11.9. The van der Waals surface area contributed by atoms with Gasteiger partial charge in [-0.2, -0.15) is 0 Å². The molecule has 4 rings (SSSR count). The predicted octanol–water partition coefficient (Wildman–Crippen LogP) is 4.67. The van der Waals surface area contributed by atoms with Crippen LogP contribution in [0.15, 0.2) is 11.6 Å². The molecule has 0 aliphatic heterocycles. The minimum absolute atomic E-state index is 0.0348. The molecule has 3 nitrogen and oxygen atoms in total. The fourth-order valence-electron chi connectivity index (χ4n) is 6.68. The van der Waals surface area contributed by atoms with Crippen LogP contribution in [0.2, 0.25) is 0 Å². The molecule has 0 saturated heterocycles. The number of alkyl halides is 1. The molecule has 0 bridgehead atoms. The first-order valence-electron chi connectivity index (χ1n) is 9.87. The first-order valence-corrected chi connectivity index (χ1v) is 10.3. The monoisotopic (exact) mass is 364 g/mol. The Morgan fingerprint density at radius 1 is 1.28 bits per heavy atom. The van der Waals surface area contributed by atoms with Crippen LogP contribution in [0, 0.1) is 28.6 Å². The highest BCUT2D eigenvalue weighted by atomic mass is 35.5. The minimum Gasteiger partial charge on any atom is -0.465 e. The molecule has 0 radical (unpaired) electrons. The lowest BCUT2D eigenvalue weighted by molar-refractivity contribution is -0.149. The van der Waals surface area contributed by atoms with Crippen molar-refractivity contribution in [2.45, 2.75) is 70.6 Å². The van der Waals surface area contributed by atoms with Gasteiger partial charge in [-0.15, -0.1) is 11.6 Å². The van der Waals surface area contributed by atoms with E-state index in [0.717, 1.165) is 51.4 Å². The smallest absolute Gasteiger partial charge is 0.302 e. The lowest BCUT2D eigenvalue weighted by atomic mass is 9.48. The van der Waals surface area contributed by atoms with E-state index in [-0.39, 0.29) is 22.2 Å². The largest absolute Gasteiger partial charge is 0.465 e. The number of ether oxygens (including phenoxy) is 1. The van der Waals surface area contributed by atoms with Crippen molar-refractivity contribution in [1.29, 1.82) is 0 Å². The summed E-state index contributed by atoms with van der Waals surface area (Å²) in [4.78, 5) is 24.1. The Morgan fingerprint density at radius 2 is 2.08 bits per heavy atom. The van der Waals surface area contributed by atoms with E-state index in [4.69, 9.17) is 16.3 Å². The molecule has 0 amide bonds. The van der Waals surface area contributed by atoms with Gasteiger partial charge in [0.15, 0.2) is 0 Å². The average Bonchev–Trinajstić information content (AvgIpc) is 2.88. The molecular weight excluding hydrogens is 336 g/mol. The number of ketones is 1. The molecule has 4 aliphatic rings. The fraction of sp³-hybridized carbons (Fsp3) is 0.810. The zero-order valence-electron chi connectivity index (χ0n) is 15.4. The van der Waals surface area contributed by atoms with Crippen molar-refractivity contribution in [1.82, 2.24) is 0 Å². The number of rotatable bonds is 2. The van der Waals surface area contributed by atoms with E-state index in [1.807, 2.05) is 0 Å². The number of hydrogen-bond acceptors (Lipinski definition) is 3. The zero-order chi connectivity index (χ0) is 17.8. The molecule has 0 aromatic heterocycles. The lowest BCUT2D eigenvalue weighted by Crippen LogP contribution is -2.53. The summed E-state index contributed by atoms with van der Waals surface area (Å²) in [6.07, 6.45) is 10.3. The summed E-state index contributed by atoms with van der Waals surface area (Å²) in [6, 6.07) is 0. The van der Waals surface area contributed by atoms with Crippen molar-refractivity contribution in [3.8, 4) is 0 Å². The summed E-state index contributed by atoms with van der Waals surface area (Å²) in [5.74, 6) is 1.86. The maximum absolute atomic E-state index is 12.5. The van der Waals surface area contributed by atoms with Crippen LogP contribution in [-0.2, 0) is 14.3 Å². The van der Waals surface area contributed by atoms with Crippen LogP contribution in [0.25, 0.3) is 0 Å².